The van der Waals surface area contributed by atoms with Gasteiger partial charge in [0.2, 0.25) is 5.91 Å². The molecule has 1 unspecified atom stereocenters. The number of nitrogens with one attached hydrogen (secondary N) is 2. The summed E-state index contributed by atoms with van der Waals surface area (Å²) in [6.45, 7) is 0.0971. The molecule has 1 heterocycles. The summed E-state index contributed by atoms with van der Waals surface area (Å²) in [6.07, 6.45) is 3.04. The molecule has 1 aromatic carbocycles. The molecule has 0 aliphatic heterocycles. The van der Waals surface area contributed by atoms with Gasteiger partial charge < -0.3 is 19.8 Å². The number of carbonyl (C=O) groups excluding carboxylic acids is 1. The molecule has 1 amide bonds. The minimum Gasteiger partial charge on any atom is -0.497 e. The van der Waals surface area contributed by atoms with Crippen molar-refractivity contribution in [2.24, 2.45) is 0 Å². The predicted molar refractivity (Wildman–Crippen MR) is 80.5 cm³/mol. The van der Waals surface area contributed by atoms with Crippen molar-refractivity contribution in [1.29, 1.82) is 0 Å². The van der Waals surface area contributed by atoms with Crippen molar-refractivity contribution in [2.75, 3.05) is 20.8 Å². The standard InChI is InChI=1S/C16H20N2O3/c1-20-9-15(19)17-14-5-3-4-11-12-8-10(21-2)6-7-13(12)18-16(11)14/h6-8,14,18H,3-5,9H2,1-2H3,(H,17,19). The zero-order valence-electron chi connectivity index (χ0n) is 12.4. The summed E-state index contributed by atoms with van der Waals surface area (Å²) in [4.78, 5) is 15.2. The topological polar surface area (TPSA) is 63.3 Å². The van der Waals surface area contributed by atoms with Gasteiger partial charge >= 0.3 is 0 Å². The van der Waals surface area contributed by atoms with E-state index in [-0.39, 0.29) is 18.6 Å². The molecule has 0 bridgehead atoms. The molecule has 21 heavy (non-hydrogen) atoms. The Bertz CT molecular complexity index is 663. The largest absolute Gasteiger partial charge is 0.497 e. The molecule has 5 nitrogen and oxygen atoms in total. The number of methoxy groups -OCH3 is 2. The van der Waals surface area contributed by atoms with Gasteiger partial charge in [-0.1, -0.05) is 0 Å². The zero-order valence-corrected chi connectivity index (χ0v) is 12.4. The van der Waals surface area contributed by atoms with Crippen molar-refractivity contribution in [3.8, 4) is 5.75 Å². The van der Waals surface area contributed by atoms with Gasteiger partial charge in [0.1, 0.15) is 12.4 Å². The van der Waals surface area contributed by atoms with E-state index in [1.807, 2.05) is 12.1 Å². The van der Waals surface area contributed by atoms with Crippen molar-refractivity contribution in [3.63, 3.8) is 0 Å². The molecular weight excluding hydrogens is 268 g/mol. The van der Waals surface area contributed by atoms with E-state index in [0.717, 1.165) is 36.2 Å². The number of amides is 1. The monoisotopic (exact) mass is 288 g/mol. The van der Waals surface area contributed by atoms with Crippen LogP contribution < -0.4 is 10.1 Å². The maximum Gasteiger partial charge on any atom is 0.246 e. The number of rotatable bonds is 4. The molecule has 1 aliphatic rings. The second-order valence-corrected chi connectivity index (χ2v) is 5.37. The van der Waals surface area contributed by atoms with E-state index in [1.165, 1.54) is 18.1 Å². The highest BCUT2D eigenvalue weighted by atomic mass is 16.5. The summed E-state index contributed by atoms with van der Waals surface area (Å²) in [5.74, 6) is 0.779. The van der Waals surface area contributed by atoms with Gasteiger partial charge in [-0.2, -0.15) is 0 Å². The Kier molecular flexibility index (Phi) is 3.84. The number of H-pyrrole nitrogens is 1. The van der Waals surface area contributed by atoms with Gasteiger partial charge in [-0.15, -0.1) is 0 Å². The van der Waals surface area contributed by atoms with Gasteiger partial charge in [-0.05, 0) is 43.0 Å². The highest BCUT2D eigenvalue weighted by Gasteiger charge is 2.25. The molecule has 1 aromatic heterocycles. The first-order chi connectivity index (χ1) is 10.2. The average molecular weight is 288 g/mol. The van der Waals surface area contributed by atoms with Crippen LogP contribution in [0, 0.1) is 0 Å². The molecule has 5 heteroatoms. The van der Waals surface area contributed by atoms with E-state index < -0.39 is 0 Å². The van der Waals surface area contributed by atoms with Crippen molar-refractivity contribution in [3.05, 3.63) is 29.5 Å². The number of benzene rings is 1. The summed E-state index contributed by atoms with van der Waals surface area (Å²) in [6, 6.07) is 6.07. The highest BCUT2D eigenvalue weighted by Crippen LogP contribution is 2.36. The lowest BCUT2D eigenvalue weighted by molar-refractivity contribution is -0.125. The lowest BCUT2D eigenvalue weighted by atomic mass is 9.91. The van der Waals surface area contributed by atoms with Crippen LogP contribution in [0.4, 0.5) is 0 Å². The fourth-order valence-electron chi connectivity index (χ4n) is 3.08. The lowest BCUT2D eigenvalue weighted by Gasteiger charge is -2.23. The number of ether oxygens (including phenoxy) is 2. The highest BCUT2D eigenvalue weighted by molar-refractivity contribution is 5.87. The third-order valence-electron chi connectivity index (χ3n) is 4.03. The number of carbonyl (C=O) groups is 1. The molecule has 2 N–H and O–H groups in total. The van der Waals surface area contributed by atoms with Crippen LogP contribution in [0.25, 0.3) is 10.9 Å². The van der Waals surface area contributed by atoms with Crippen LogP contribution in [0.1, 0.15) is 30.1 Å². The van der Waals surface area contributed by atoms with Gasteiger partial charge in [0, 0.05) is 23.7 Å². The summed E-state index contributed by atoms with van der Waals surface area (Å²) in [7, 11) is 3.20. The first-order valence-corrected chi connectivity index (χ1v) is 7.19. The van der Waals surface area contributed by atoms with Gasteiger partial charge in [-0.3, -0.25) is 4.79 Å². The molecule has 1 atom stereocenters. The predicted octanol–water partition coefficient (Wildman–Crippen LogP) is 2.32. The number of aromatic nitrogens is 1. The Labute approximate surface area is 123 Å². The van der Waals surface area contributed by atoms with Crippen LogP contribution in [-0.2, 0) is 16.0 Å². The molecular formula is C16H20N2O3. The van der Waals surface area contributed by atoms with Gasteiger partial charge in [-0.25, -0.2) is 0 Å². The molecule has 1 aliphatic carbocycles. The van der Waals surface area contributed by atoms with E-state index in [2.05, 4.69) is 16.4 Å². The molecule has 0 fully saturated rings. The van der Waals surface area contributed by atoms with Crippen molar-refractivity contribution < 1.29 is 14.3 Å². The fraction of sp³-hybridized carbons (Fsp3) is 0.438. The van der Waals surface area contributed by atoms with E-state index in [4.69, 9.17) is 9.47 Å². The lowest BCUT2D eigenvalue weighted by Crippen LogP contribution is -2.33. The fourth-order valence-corrected chi connectivity index (χ4v) is 3.08. The molecule has 3 rings (SSSR count). The summed E-state index contributed by atoms with van der Waals surface area (Å²) in [5.41, 5.74) is 3.50. The molecule has 0 spiro atoms. The molecule has 0 saturated carbocycles. The van der Waals surface area contributed by atoms with E-state index in [9.17, 15) is 4.79 Å². The smallest absolute Gasteiger partial charge is 0.246 e. The first-order valence-electron chi connectivity index (χ1n) is 7.19. The Balaban J connectivity index is 1.96. The number of aryl methyl sites for hydroxylation is 1. The van der Waals surface area contributed by atoms with Crippen LogP contribution in [0.15, 0.2) is 18.2 Å². The van der Waals surface area contributed by atoms with Crippen LogP contribution >= 0.6 is 0 Å². The van der Waals surface area contributed by atoms with Gasteiger partial charge in [0.05, 0.1) is 13.2 Å². The molecule has 0 radical (unpaired) electrons. The Hall–Kier alpha value is -2.01. The minimum atomic E-state index is -0.0772. The second kappa shape index (κ2) is 5.77. The van der Waals surface area contributed by atoms with E-state index in [1.54, 1.807) is 7.11 Å². The van der Waals surface area contributed by atoms with Crippen LogP contribution in [0.2, 0.25) is 0 Å². The third kappa shape index (κ3) is 2.61. The van der Waals surface area contributed by atoms with Crippen LogP contribution in [-0.4, -0.2) is 31.7 Å². The summed E-state index contributed by atoms with van der Waals surface area (Å²) >= 11 is 0. The quantitative estimate of drug-likeness (QED) is 0.907. The number of hydrogen-bond acceptors (Lipinski definition) is 3. The Morgan fingerprint density at radius 1 is 1.43 bits per heavy atom. The zero-order chi connectivity index (χ0) is 14.8. The minimum absolute atomic E-state index is 0.0368. The normalized spacial score (nSPS) is 17.5. The molecule has 2 aromatic rings. The Morgan fingerprint density at radius 3 is 3.05 bits per heavy atom. The Morgan fingerprint density at radius 2 is 2.29 bits per heavy atom. The number of aromatic amines is 1. The second-order valence-electron chi connectivity index (χ2n) is 5.37. The van der Waals surface area contributed by atoms with Crippen LogP contribution in [0.5, 0.6) is 5.75 Å². The number of fused-ring (bicyclic) bond motifs is 3. The first kappa shape index (κ1) is 13.9. The number of hydrogen-bond donors (Lipinski definition) is 2. The third-order valence-corrected chi connectivity index (χ3v) is 4.03. The van der Waals surface area contributed by atoms with Crippen LogP contribution in [0.3, 0.4) is 0 Å². The van der Waals surface area contributed by atoms with E-state index >= 15 is 0 Å². The van der Waals surface area contributed by atoms with Crippen molar-refractivity contribution in [2.45, 2.75) is 25.3 Å². The summed E-state index contributed by atoms with van der Waals surface area (Å²) < 4.78 is 10.2. The summed E-state index contributed by atoms with van der Waals surface area (Å²) in [5, 5.41) is 4.23. The molecule has 112 valence electrons. The van der Waals surface area contributed by atoms with Crippen molar-refractivity contribution in [1.82, 2.24) is 10.3 Å². The maximum absolute atomic E-state index is 11.8. The SMILES string of the molecule is COCC(=O)NC1CCCc2c1[nH]c1ccc(OC)cc21. The van der Waals surface area contributed by atoms with Crippen molar-refractivity contribution >= 4 is 16.8 Å². The van der Waals surface area contributed by atoms with Gasteiger partial charge in [0.25, 0.3) is 0 Å². The van der Waals surface area contributed by atoms with E-state index in [0.29, 0.717) is 0 Å². The molecule has 0 saturated heterocycles. The van der Waals surface area contributed by atoms with Gasteiger partial charge in [0.15, 0.2) is 0 Å². The average Bonchev–Trinajstić information content (AvgIpc) is 2.86. The maximum atomic E-state index is 11.8.